The van der Waals surface area contributed by atoms with Crippen LogP contribution in [0.3, 0.4) is 0 Å². The third-order valence-corrected chi connectivity index (χ3v) is 4.22. The molecule has 2 amide bonds. The second kappa shape index (κ2) is 8.83. The van der Waals surface area contributed by atoms with Gasteiger partial charge in [0.15, 0.2) is 0 Å². The summed E-state index contributed by atoms with van der Waals surface area (Å²) >= 11 is 0. The molecule has 1 heterocycles. The van der Waals surface area contributed by atoms with Crippen LogP contribution in [0.25, 0.3) is 6.08 Å². The number of aryl methyl sites for hydroxylation is 1. The topological polar surface area (TPSA) is 71.1 Å². The Morgan fingerprint density at radius 3 is 2.21 bits per heavy atom. The van der Waals surface area contributed by atoms with Gasteiger partial charge in [0.1, 0.15) is 11.5 Å². The molecular formula is C23H29N3O2. The highest BCUT2D eigenvalue weighted by atomic mass is 16.2. The predicted molar refractivity (Wildman–Crippen MR) is 114 cm³/mol. The van der Waals surface area contributed by atoms with Gasteiger partial charge in [0.05, 0.1) is 0 Å². The predicted octanol–water partition coefficient (Wildman–Crippen LogP) is 4.66. The number of nitrogens with one attached hydrogen (secondary N) is 2. The maximum Gasteiger partial charge on any atom is 0.273 e. The molecule has 0 aliphatic rings. The Morgan fingerprint density at radius 1 is 1.04 bits per heavy atom. The zero-order chi connectivity index (χ0) is 20.9. The minimum Gasteiger partial charge on any atom is -0.321 e. The van der Waals surface area contributed by atoms with Gasteiger partial charge in [-0.1, -0.05) is 65.0 Å². The molecule has 0 fully saturated rings. The molecule has 0 aliphatic carbocycles. The average molecular weight is 380 g/mol. The Bertz CT molecular complexity index is 875. The van der Waals surface area contributed by atoms with Gasteiger partial charge >= 0.3 is 0 Å². The van der Waals surface area contributed by atoms with Gasteiger partial charge in [0.2, 0.25) is 5.91 Å². The molecular weight excluding hydrogens is 350 g/mol. The largest absolute Gasteiger partial charge is 0.321 e. The van der Waals surface area contributed by atoms with Crippen LogP contribution in [0.2, 0.25) is 0 Å². The Morgan fingerprint density at radius 2 is 1.68 bits per heavy atom. The quantitative estimate of drug-likeness (QED) is 0.743. The van der Waals surface area contributed by atoms with E-state index >= 15 is 0 Å². The molecule has 0 atom stereocenters. The van der Waals surface area contributed by atoms with Crippen molar-refractivity contribution < 1.29 is 9.59 Å². The van der Waals surface area contributed by atoms with E-state index in [1.54, 1.807) is 32.9 Å². The lowest BCUT2D eigenvalue weighted by Gasteiger charge is -2.19. The van der Waals surface area contributed by atoms with Crippen molar-refractivity contribution in [1.82, 2.24) is 10.3 Å². The Hall–Kier alpha value is -2.95. The van der Waals surface area contributed by atoms with Gasteiger partial charge in [-0.2, -0.15) is 0 Å². The van der Waals surface area contributed by atoms with E-state index in [-0.39, 0.29) is 11.6 Å². The number of amides is 2. The fourth-order valence-corrected chi connectivity index (χ4v) is 2.41. The number of hydrogen-bond donors (Lipinski definition) is 2. The standard InChI is InChI=1S/C23H29N3O2/c1-15(2)18-12-10-17(11-13-18)14-19(25-22(28)23(4,5)6)21(27)26-20-9-7-8-16(3)24-20/h7-15H,1-6H3,(H,25,28)(H,24,26,27)/b19-14+. The van der Waals surface area contributed by atoms with Gasteiger partial charge in [-0.3, -0.25) is 9.59 Å². The first-order chi connectivity index (χ1) is 13.1. The monoisotopic (exact) mass is 379 g/mol. The summed E-state index contributed by atoms with van der Waals surface area (Å²) in [4.78, 5) is 29.6. The van der Waals surface area contributed by atoms with Gasteiger partial charge in [-0.05, 0) is 42.2 Å². The van der Waals surface area contributed by atoms with Crippen LogP contribution in [0.4, 0.5) is 5.82 Å². The number of nitrogens with zero attached hydrogens (tertiary/aromatic N) is 1. The number of carbonyl (C=O) groups is 2. The van der Waals surface area contributed by atoms with Crippen molar-refractivity contribution in [2.45, 2.75) is 47.5 Å². The average Bonchev–Trinajstić information content (AvgIpc) is 2.60. The number of pyridine rings is 1. The first-order valence-corrected chi connectivity index (χ1v) is 9.44. The summed E-state index contributed by atoms with van der Waals surface area (Å²) in [6.07, 6.45) is 1.68. The summed E-state index contributed by atoms with van der Waals surface area (Å²) in [6.45, 7) is 11.5. The van der Waals surface area contributed by atoms with Crippen LogP contribution in [-0.2, 0) is 9.59 Å². The summed E-state index contributed by atoms with van der Waals surface area (Å²) in [7, 11) is 0. The fraction of sp³-hybridized carbons (Fsp3) is 0.348. The smallest absolute Gasteiger partial charge is 0.273 e. The van der Waals surface area contributed by atoms with Crippen molar-refractivity contribution in [2.75, 3.05) is 5.32 Å². The van der Waals surface area contributed by atoms with Crippen LogP contribution in [0.5, 0.6) is 0 Å². The molecule has 0 unspecified atom stereocenters. The minimum absolute atomic E-state index is 0.181. The SMILES string of the molecule is Cc1cccc(NC(=O)/C(=C\c2ccc(C(C)C)cc2)NC(=O)C(C)(C)C)n1. The van der Waals surface area contributed by atoms with E-state index in [0.717, 1.165) is 11.3 Å². The zero-order valence-corrected chi connectivity index (χ0v) is 17.5. The highest BCUT2D eigenvalue weighted by Crippen LogP contribution is 2.18. The van der Waals surface area contributed by atoms with Crippen LogP contribution in [0, 0.1) is 12.3 Å². The normalized spacial score (nSPS) is 12.0. The number of rotatable bonds is 5. The van der Waals surface area contributed by atoms with Crippen LogP contribution >= 0.6 is 0 Å². The Labute approximate surface area is 167 Å². The summed E-state index contributed by atoms with van der Waals surface area (Å²) in [5.74, 6) is 0.221. The van der Waals surface area contributed by atoms with Gasteiger partial charge in [-0.15, -0.1) is 0 Å². The third-order valence-electron chi connectivity index (χ3n) is 4.22. The number of anilines is 1. The van der Waals surface area contributed by atoms with Crippen molar-refractivity contribution in [3.63, 3.8) is 0 Å². The maximum absolute atomic E-state index is 12.8. The van der Waals surface area contributed by atoms with Crippen LogP contribution in [0.1, 0.15) is 57.4 Å². The molecule has 28 heavy (non-hydrogen) atoms. The molecule has 0 bridgehead atoms. The first-order valence-electron chi connectivity index (χ1n) is 9.44. The molecule has 2 N–H and O–H groups in total. The molecule has 0 aliphatic heterocycles. The molecule has 2 rings (SSSR count). The minimum atomic E-state index is -0.623. The zero-order valence-electron chi connectivity index (χ0n) is 17.5. The van der Waals surface area contributed by atoms with E-state index in [1.807, 2.05) is 43.3 Å². The van der Waals surface area contributed by atoms with Crippen molar-refractivity contribution in [1.29, 1.82) is 0 Å². The van der Waals surface area contributed by atoms with E-state index in [4.69, 9.17) is 0 Å². The summed E-state index contributed by atoms with van der Waals surface area (Å²) in [5, 5.41) is 5.52. The van der Waals surface area contributed by atoms with Crippen molar-refractivity contribution in [2.24, 2.45) is 5.41 Å². The summed E-state index contributed by atoms with van der Waals surface area (Å²) < 4.78 is 0. The van der Waals surface area contributed by atoms with Crippen LogP contribution in [-0.4, -0.2) is 16.8 Å². The Kier molecular flexibility index (Phi) is 6.73. The van der Waals surface area contributed by atoms with E-state index < -0.39 is 11.3 Å². The molecule has 0 spiro atoms. The summed E-state index contributed by atoms with van der Waals surface area (Å²) in [6, 6.07) is 13.3. The van der Waals surface area contributed by atoms with E-state index in [2.05, 4.69) is 29.5 Å². The lowest BCUT2D eigenvalue weighted by Crippen LogP contribution is -2.38. The van der Waals surface area contributed by atoms with Gasteiger partial charge < -0.3 is 10.6 Å². The second-order valence-electron chi connectivity index (χ2n) is 8.20. The number of benzene rings is 1. The van der Waals surface area contributed by atoms with E-state index in [0.29, 0.717) is 11.7 Å². The number of aromatic nitrogens is 1. The van der Waals surface area contributed by atoms with Crippen molar-refractivity contribution >= 4 is 23.7 Å². The third kappa shape index (κ3) is 6.05. The van der Waals surface area contributed by atoms with Crippen LogP contribution in [0.15, 0.2) is 48.2 Å². The molecule has 0 radical (unpaired) electrons. The van der Waals surface area contributed by atoms with E-state index in [9.17, 15) is 9.59 Å². The lowest BCUT2D eigenvalue weighted by atomic mass is 9.95. The molecule has 148 valence electrons. The highest BCUT2D eigenvalue weighted by Gasteiger charge is 2.24. The van der Waals surface area contributed by atoms with Crippen molar-refractivity contribution in [3.8, 4) is 0 Å². The second-order valence-corrected chi connectivity index (χ2v) is 8.20. The van der Waals surface area contributed by atoms with Crippen LogP contribution < -0.4 is 10.6 Å². The van der Waals surface area contributed by atoms with Gasteiger partial charge in [0.25, 0.3) is 5.91 Å². The summed E-state index contributed by atoms with van der Waals surface area (Å²) in [5.41, 5.74) is 2.40. The molecule has 1 aromatic heterocycles. The molecule has 5 nitrogen and oxygen atoms in total. The molecule has 0 saturated carbocycles. The van der Waals surface area contributed by atoms with Crippen molar-refractivity contribution in [3.05, 3.63) is 65.0 Å². The van der Waals surface area contributed by atoms with Gasteiger partial charge in [0, 0.05) is 11.1 Å². The van der Waals surface area contributed by atoms with Gasteiger partial charge in [-0.25, -0.2) is 4.98 Å². The maximum atomic E-state index is 12.8. The van der Waals surface area contributed by atoms with E-state index in [1.165, 1.54) is 5.56 Å². The first kappa shape index (κ1) is 21.4. The number of hydrogen-bond acceptors (Lipinski definition) is 3. The highest BCUT2D eigenvalue weighted by molar-refractivity contribution is 6.08. The molecule has 2 aromatic rings. The number of carbonyl (C=O) groups excluding carboxylic acids is 2. The molecule has 0 saturated heterocycles. The fourth-order valence-electron chi connectivity index (χ4n) is 2.41. The Balaban J connectivity index is 2.32. The lowest BCUT2D eigenvalue weighted by molar-refractivity contribution is -0.128. The molecule has 1 aromatic carbocycles. The molecule has 5 heteroatoms.